The second-order valence-electron chi connectivity index (χ2n) is 7.10. The van der Waals surface area contributed by atoms with E-state index in [0.717, 1.165) is 0 Å². The molecular weight excluding hydrogens is 447 g/mol. The molecule has 0 N–H and O–H groups in total. The van der Waals surface area contributed by atoms with Crippen LogP contribution in [0.25, 0.3) is 0 Å². The Morgan fingerprint density at radius 3 is 1.94 bits per heavy atom. The zero-order valence-electron chi connectivity index (χ0n) is 16.3. The number of oxime groups is 1. The van der Waals surface area contributed by atoms with Gasteiger partial charge in [0.25, 0.3) is 0 Å². The number of fused-ring (bicyclic) bond motifs is 1. The van der Waals surface area contributed by atoms with E-state index in [4.69, 9.17) is 0 Å². The highest BCUT2D eigenvalue weighted by molar-refractivity contribution is 6.28. The SMILES string of the molecule is CN1CN(C)C2=C1C(=O)c1ccccc1/C2=N/OC(F)(F)c1c(F)c(F)c(F)c(F)c1F. The van der Waals surface area contributed by atoms with E-state index in [1.807, 2.05) is 0 Å². The molecule has 0 unspecified atom stereocenters. The third-order valence-corrected chi connectivity index (χ3v) is 5.03. The molecule has 1 aliphatic heterocycles. The van der Waals surface area contributed by atoms with Gasteiger partial charge in [0.2, 0.25) is 11.6 Å². The number of likely N-dealkylation sites (N-methyl/N-ethyl adjacent to an activating group) is 2. The van der Waals surface area contributed by atoms with E-state index in [0.29, 0.717) is 0 Å². The zero-order chi connectivity index (χ0) is 23.5. The van der Waals surface area contributed by atoms with Crippen LogP contribution in [0.15, 0.2) is 40.8 Å². The van der Waals surface area contributed by atoms with E-state index < -0.39 is 46.5 Å². The van der Waals surface area contributed by atoms with Gasteiger partial charge in [0, 0.05) is 25.2 Å². The molecule has 0 amide bonds. The van der Waals surface area contributed by atoms with Gasteiger partial charge in [0.15, 0.2) is 23.3 Å². The number of ketones is 1. The summed E-state index contributed by atoms with van der Waals surface area (Å²) >= 11 is 0. The normalized spacial score (nSPS) is 17.3. The van der Waals surface area contributed by atoms with Gasteiger partial charge in [-0.3, -0.25) is 4.79 Å². The van der Waals surface area contributed by atoms with Gasteiger partial charge in [-0.25, -0.2) is 22.0 Å². The van der Waals surface area contributed by atoms with Crippen molar-refractivity contribution in [3.8, 4) is 0 Å². The molecular formula is C20H12F7N3O2. The number of alkyl halides is 2. The van der Waals surface area contributed by atoms with Crippen LogP contribution in [0.4, 0.5) is 30.7 Å². The largest absolute Gasteiger partial charge is 0.452 e. The lowest BCUT2D eigenvalue weighted by Crippen LogP contribution is -2.29. The lowest BCUT2D eigenvalue weighted by atomic mass is 9.90. The number of rotatable bonds is 3. The number of carbonyl (C=O) groups excluding carboxylic acids is 1. The smallest absolute Gasteiger partial charge is 0.353 e. The van der Waals surface area contributed by atoms with Crippen molar-refractivity contribution >= 4 is 11.5 Å². The van der Waals surface area contributed by atoms with Gasteiger partial charge < -0.3 is 14.6 Å². The van der Waals surface area contributed by atoms with Gasteiger partial charge in [0.1, 0.15) is 17.0 Å². The van der Waals surface area contributed by atoms with Crippen LogP contribution >= 0.6 is 0 Å². The number of hydrogen-bond donors (Lipinski definition) is 0. The van der Waals surface area contributed by atoms with E-state index in [1.54, 1.807) is 7.05 Å². The predicted octanol–water partition coefficient (Wildman–Crippen LogP) is 4.09. The molecule has 1 aliphatic carbocycles. The number of hydrogen-bond acceptors (Lipinski definition) is 5. The minimum atomic E-state index is -5.03. The maximum Gasteiger partial charge on any atom is 0.452 e. The van der Waals surface area contributed by atoms with Crippen LogP contribution in [0.3, 0.4) is 0 Å². The Kier molecular flexibility index (Phi) is 4.90. The average Bonchev–Trinajstić information content (AvgIpc) is 3.05. The van der Waals surface area contributed by atoms with Gasteiger partial charge in [-0.15, -0.1) is 0 Å². The summed E-state index contributed by atoms with van der Waals surface area (Å²) in [6.07, 6.45) is -5.03. The minimum Gasteiger partial charge on any atom is -0.353 e. The molecule has 32 heavy (non-hydrogen) atoms. The summed E-state index contributed by atoms with van der Waals surface area (Å²) in [5, 5.41) is 3.31. The van der Waals surface area contributed by atoms with Gasteiger partial charge in [0.05, 0.1) is 12.4 Å². The molecule has 0 saturated heterocycles. The quantitative estimate of drug-likeness (QED) is 0.300. The summed E-state index contributed by atoms with van der Waals surface area (Å²) in [5.74, 6) is -13.6. The fraction of sp³-hybridized carbons (Fsp3) is 0.200. The van der Waals surface area contributed by atoms with Crippen LogP contribution in [0.5, 0.6) is 0 Å². The molecule has 2 aliphatic rings. The summed E-state index contributed by atoms with van der Waals surface area (Å²) in [6, 6.07) is 5.84. The summed E-state index contributed by atoms with van der Waals surface area (Å²) in [4.78, 5) is 19.9. The number of nitrogens with zero attached hydrogens (tertiary/aromatic N) is 3. The van der Waals surface area contributed by atoms with Gasteiger partial charge in [-0.05, 0) is 0 Å². The van der Waals surface area contributed by atoms with Crippen molar-refractivity contribution in [2.45, 2.75) is 6.11 Å². The molecule has 0 radical (unpaired) electrons. The van der Waals surface area contributed by atoms with Crippen molar-refractivity contribution < 1.29 is 40.4 Å². The Morgan fingerprint density at radius 1 is 0.844 bits per heavy atom. The van der Waals surface area contributed by atoms with Gasteiger partial charge in [-0.2, -0.15) is 8.78 Å². The molecule has 2 aromatic carbocycles. The summed E-state index contributed by atoms with van der Waals surface area (Å²) in [7, 11) is 3.12. The molecule has 5 nitrogen and oxygen atoms in total. The van der Waals surface area contributed by atoms with Crippen LogP contribution in [0.1, 0.15) is 21.5 Å². The predicted molar refractivity (Wildman–Crippen MR) is 95.9 cm³/mol. The van der Waals surface area contributed by atoms with Crippen molar-refractivity contribution in [2.24, 2.45) is 5.16 Å². The summed E-state index contributed by atoms with van der Waals surface area (Å²) in [6.45, 7) is 0.192. The zero-order valence-corrected chi connectivity index (χ0v) is 16.3. The maximum absolute atomic E-state index is 14.5. The minimum absolute atomic E-state index is 0.0895. The molecule has 0 spiro atoms. The molecule has 4 rings (SSSR count). The highest BCUT2D eigenvalue weighted by atomic mass is 19.3. The Balaban J connectivity index is 1.85. The first-order valence-electron chi connectivity index (χ1n) is 8.94. The Hall–Kier alpha value is -3.57. The third-order valence-electron chi connectivity index (χ3n) is 5.03. The number of carbonyl (C=O) groups is 1. The summed E-state index contributed by atoms with van der Waals surface area (Å²) in [5.41, 5.74) is -2.34. The van der Waals surface area contributed by atoms with Crippen molar-refractivity contribution in [3.05, 3.63) is 81.4 Å². The van der Waals surface area contributed by atoms with Crippen LogP contribution < -0.4 is 0 Å². The second-order valence-corrected chi connectivity index (χ2v) is 7.10. The average molecular weight is 459 g/mol. The summed E-state index contributed by atoms with van der Waals surface area (Å²) < 4.78 is 96.8. The second kappa shape index (κ2) is 7.24. The van der Waals surface area contributed by atoms with E-state index in [2.05, 4.69) is 9.99 Å². The first-order chi connectivity index (χ1) is 15.0. The van der Waals surface area contributed by atoms with Crippen molar-refractivity contribution in [2.75, 3.05) is 20.8 Å². The molecule has 0 aromatic heterocycles. The molecule has 12 heteroatoms. The highest BCUT2D eigenvalue weighted by Crippen LogP contribution is 2.39. The Labute approximate surface area is 176 Å². The van der Waals surface area contributed by atoms with E-state index in [9.17, 15) is 35.5 Å². The molecule has 168 valence electrons. The fourth-order valence-corrected chi connectivity index (χ4v) is 3.64. The first kappa shape index (κ1) is 21.7. The van der Waals surface area contributed by atoms with Crippen LogP contribution in [-0.4, -0.2) is 42.1 Å². The van der Waals surface area contributed by atoms with Gasteiger partial charge in [-0.1, -0.05) is 29.4 Å². The van der Waals surface area contributed by atoms with E-state index in [-0.39, 0.29) is 34.9 Å². The van der Waals surface area contributed by atoms with Crippen molar-refractivity contribution in [3.63, 3.8) is 0 Å². The number of Topliss-reactive ketones (excluding diaryl/α,β-unsaturated/α-hetero) is 1. The molecule has 1 heterocycles. The topological polar surface area (TPSA) is 45.1 Å². The first-order valence-corrected chi connectivity index (χ1v) is 8.94. The Morgan fingerprint density at radius 2 is 1.34 bits per heavy atom. The van der Waals surface area contributed by atoms with Crippen LogP contribution in [0.2, 0.25) is 0 Å². The molecule has 0 fully saturated rings. The molecule has 0 saturated carbocycles. The van der Waals surface area contributed by atoms with Crippen molar-refractivity contribution in [1.29, 1.82) is 0 Å². The van der Waals surface area contributed by atoms with Crippen LogP contribution in [-0.2, 0) is 10.9 Å². The molecule has 0 atom stereocenters. The molecule has 0 bridgehead atoms. The third kappa shape index (κ3) is 3.00. The van der Waals surface area contributed by atoms with Crippen LogP contribution in [0, 0.1) is 29.1 Å². The fourth-order valence-electron chi connectivity index (χ4n) is 3.64. The number of allylic oxidation sites excluding steroid dienone is 2. The lowest BCUT2D eigenvalue weighted by molar-refractivity contribution is -0.253. The number of benzene rings is 2. The maximum atomic E-state index is 14.5. The number of halogens is 7. The van der Waals surface area contributed by atoms with E-state index >= 15 is 0 Å². The molecule has 2 aromatic rings. The standard InChI is InChI=1S/C20H12F7N3O2/c1-29-7-30(2)18-17(29)16(8-5-3-4-6-9(8)19(18)31)28-32-20(26,27)10-11(21)13(23)15(25)14(24)12(10)22/h3-6H,7H2,1-2H3/b28-16-. The Bertz CT molecular complexity index is 1200. The lowest BCUT2D eigenvalue weighted by Gasteiger charge is -2.23. The monoisotopic (exact) mass is 459 g/mol. The van der Waals surface area contributed by atoms with Gasteiger partial charge >= 0.3 is 6.11 Å². The van der Waals surface area contributed by atoms with E-state index in [1.165, 1.54) is 41.1 Å². The highest BCUT2D eigenvalue weighted by Gasteiger charge is 2.46. The van der Waals surface area contributed by atoms with Crippen molar-refractivity contribution in [1.82, 2.24) is 9.80 Å².